The number of rotatable bonds is 2. The van der Waals surface area contributed by atoms with E-state index in [4.69, 9.17) is 0 Å². The second-order valence-corrected chi connectivity index (χ2v) is 12.3. The summed E-state index contributed by atoms with van der Waals surface area (Å²) >= 11 is 0. The maximum absolute atomic E-state index is 14.6. The molecule has 2 bridgehead atoms. The maximum Gasteiger partial charge on any atom is 0.221 e. The molecule has 4 N–H and O–H groups in total. The summed E-state index contributed by atoms with van der Waals surface area (Å²) in [5.41, 5.74) is -2.65. The highest BCUT2D eigenvalue weighted by Gasteiger charge is 2.65. The molecule has 1 spiro atoms. The monoisotopic (exact) mass is 561 g/mol. The van der Waals surface area contributed by atoms with E-state index in [9.17, 15) is 39.3 Å². The van der Waals surface area contributed by atoms with Crippen molar-refractivity contribution in [3.63, 3.8) is 0 Å². The Hall–Kier alpha value is -3.85. The van der Waals surface area contributed by atoms with Crippen molar-refractivity contribution in [1.29, 1.82) is 0 Å². The Labute approximate surface area is 238 Å². The Balaban J connectivity index is 1.88. The first-order valence-corrected chi connectivity index (χ1v) is 14.0. The van der Waals surface area contributed by atoms with E-state index in [1.165, 1.54) is 26.0 Å². The molecule has 5 rings (SSSR count). The molecule has 1 saturated heterocycles. The number of benzene rings is 1. The number of carbonyl (C=O) groups excluding carboxylic acids is 5. The number of phenolic OH excluding ortho intramolecular Hbond substituents is 2. The topological polar surface area (TPSA) is 158 Å². The van der Waals surface area contributed by atoms with Crippen molar-refractivity contribution in [2.45, 2.75) is 59.1 Å². The fourth-order valence-corrected chi connectivity index (χ4v) is 6.89. The largest absolute Gasteiger partial charge is 0.507 e. The van der Waals surface area contributed by atoms with Crippen LogP contribution in [-0.4, -0.2) is 56.0 Å². The van der Waals surface area contributed by atoms with E-state index in [-0.39, 0.29) is 34.8 Å². The molecule has 9 heteroatoms. The number of aliphatic hydroxyl groups is 1. The summed E-state index contributed by atoms with van der Waals surface area (Å²) in [4.78, 5) is 69.3. The Kier molecular flexibility index (Phi) is 6.93. The van der Waals surface area contributed by atoms with Gasteiger partial charge in [-0.2, -0.15) is 0 Å². The number of aliphatic hydroxyl groups excluding tert-OH is 1. The lowest BCUT2D eigenvalue weighted by atomic mass is 9.56. The average molecular weight is 562 g/mol. The van der Waals surface area contributed by atoms with Gasteiger partial charge in [0.05, 0.1) is 23.1 Å². The molecule has 1 aromatic rings. The van der Waals surface area contributed by atoms with Gasteiger partial charge in [-0.15, -0.1) is 0 Å². The molecule has 0 saturated carbocycles. The normalized spacial score (nSPS) is 35.1. The van der Waals surface area contributed by atoms with E-state index in [0.717, 1.165) is 0 Å². The lowest BCUT2D eigenvalue weighted by Gasteiger charge is -2.47. The van der Waals surface area contributed by atoms with Gasteiger partial charge in [0.25, 0.3) is 0 Å². The van der Waals surface area contributed by atoms with E-state index < -0.39 is 81.6 Å². The van der Waals surface area contributed by atoms with Crippen LogP contribution in [0.4, 0.5) is 0 Å². The molecular weight excluding hydrogens is 526 g/mol. The van der Waals surface area contributed by atoms with Crippen molar-refractivity contribution in [1.82, 2.24) is 5.32 Å². The summed E-state index contributed by atoms with van der Waals surface area (Å²) in [6, 6.07) is 0. The van der Waals surface area contributed by atoms with E-state index in [2.05, 4.69) is 5.32 Å². The predicted molar refractivity (Wildman–Crippen MR) is 149 cm³/mol. The van der Waals surface area contributed by atoms with Crippen LogP contribution in [-0.2, 0) is 9.59 Å². The molecule has 216 valence electrons. The highest BCUT2D eigenvalue weighted by Crippen LogP contribution is 2.54. The van der Waals surface area contributed by atoms with Crippen LogP contribution < -0.4 is 5.32 Å². The highest BCUT2D eigenvalue weighted by atomic mass is 16.3. The minimum Gasteiger partial charge on any atom is -0.507 e. The number of ketones is 4. The number of nitrogens with one attached hydrogen (secondary N) is 1. The zero-order valence-corrected chi connectivity index (χ0v) is 23.7. The van der Waals surface area contributed by atoms with Crippen molar-refractivity contribution in [3.05, 3.63) is 58.2 Å². The average Bonchev–Trinajstić information content (AvgIpc) is 3.27. The minimum atomic E-state index is -1.74. The third-order valence-electron chi connectivity index (χ3n) is 9.11. The third kappa shape index (κ3) is 4.12. The highest BCUT2D eigenvalue weighted by molar-refractivity contribution is 6.27. The van der Waals surface area contributed by atoms with Gasteiger partial charge in [0.15, 0.2) is 23.1 Å². The number of allylic oxidation sites excluding steroid dienone is 4. The first-order chi connectivity index (χ1) is 19.2. The zero-order chi connectivity index (χ0) is 30.1. The summed E-state index contributed by atoms with van der Waals surface area (Å²) in [5, 5.41) is 35.8. The van der Waals surface area contributed by atoms with Crippen molar-refractivity contribution in [2.24, 2.45) is 35.5 Å². The van der Waals surface area contributed by atoms with Gasteiger partial charge < -0.3 is 20.6 Å². The molecule has 0 aromatic heterocycles. The quantitative estimate of drug-likeness (QED) is 0.400. The molecule has 0 unspecified atom stereocenters. The van der Waals surface area contributed by atoms with Crippen LogP contribution in [0.1, 0.15) is 77.2 Å². The van der Waals surface area contributed by atoms with Crippen molar-refractivity contribution in [2.75, 3.05) is 0 Å². The second kappa shape index (κ2) is 9.91. The Bertz CT molecular complexity index is 1500. The molecule has 41 heavy (non-hydrogen) atoms. The van der Waals surface area contributed by atoms with Gasteiger partial charge in [0, 0.05) is 41.2 Å². The number of Topliss-reactive ketones (excluding diaryl/α,β-unsaturated/α-hetero) is 4. The number of carbonyl (C=O) groups is 5. The third-order valence-corrected chi connectivity index (χ3v) is 9.11. The van der Waals surface area contributed by atoms with E-state index in [1.54, 1.807) is 25.2 Å². The molecule has 1 aromatic carbocycles. The number of amides is 1. The SMILES string of the molecule is Cc1c(O)c2c3c(c1O)C(=O)[C@@]14NC(=O)C[C@H]1C=C[C@@H](/C=C(/CC(C)C)C(=O)[C@@H](C)[C@H](O)/C=C\[C@@H](C)C2=O)[C@H]4C3=O. The lowest BCUT2D eigenvalue weighted by molar-refractivity contribution is -0.121. The van der Waals surface area contributed by atoms with Crippen LogP contribution in [0, 0.1) is 42.4 Å². The van der Waals surface area contributed by atoms with Crippen molar-refractivity contribution >= 4 is 29.0 Å². The molecule has 3 aliphatic carbocycles. The van der Waals surface area contributed by atoms with Gasteiger partial charge in [-0.25, -0.2) is 0 Å². The predicted octanol–water partition coefficient (Wildman–Crippen LogP) is 3.39. The smallest absolute Gasteiger partial charge is 0.221 e. The molecule has 4 aliphatic rings. The van der Waals surface area contributed by atoms with Crippen LogP contribution >= 0.6 is 0 Å². The zero-order valence-electron chi connectivity index (χ0n) is 23.7. The van der Waals surface area contributed by atoms with Gasteiger partial charge in [-0.1, -0.05) is 58.1 Å². The Morgan fingerprint density at radius 2 is 1.56 bits per heavy atom. The van der Waals surface area contributed by atoms with Crippen LogP contribution in [0.2, 0.25) is 0 Å². The van der Waals surface area contributed by atoms with Crippen molar-refractivity contribution < 1.29 is 39.3 Å². The maximum atomic E-state index is 14.6. The fourth-order valence-electron chi connectivity index (χ4n) is 6.89. The summed E-state index contributed by atoms with van der Waals surface area (Å²) in [6.07, 6.45) is 6.89. The molecule has 1 heterocycles. The first kappa shape index (κ1) is 28.7. The molecular formula is C32H35NO8. The lowest BCUT2D eigenvalue weighted by Crippen LogP contribution is -2.65. The molecule has 0 radical (unpaired) electrons. The van der Waals surface area contributed by atoms with Gasteiger partial charge >= 0.3 is 0 Å². The number of hydrogen-bond acceptors (Lipinski definition) is 8. The van der Waals surface area contributed by atoms with Crippen LogP contribution in [0.5, 0.6) is 11.5 Å². The molecule has 1 aliphatic heterocycles. The summed E-state index contributed by atoms with van der Waals surface area (Å²) in [5.74, 6) is -8.60. The molecule has 1 amide bonds. The Morgan fingerprint density at radius 3 is 2.22 bits per heavy atom. The van der Waals surface area contributed by atoms with Crippen LogP contribution in [0.15, 0.2) is 36.0 Å². The second-order valence-electron chi connectivity index (χ2n) is 12.3. The Morgan fingerprint density at radius 1 is 0.902 bits per heavy atom. The van der Waals surface area contributed by atoms with Gasteiger partial charge in [0.2, 0.25) is 5.91 Å². The van der Waals surface area contributed by atoms with Crippen molar-refractivity contribution in [3.8, 4) is 11.5 Å². The van der Waals surface area contributed by atoms with E-state index >= 15 is 0 Å². The van der Waals surface area contributed by atoms with E-state index in [0.29, 0.717) is 12.0 Å². The number of aromatic hydroxyl groups is 2. The van der Waals surface area contributed by atoms with Gasteiger partial charge in [0.1, 0.15) is 17.0 Å². The number of phenols is 2. The molecule has 7 atom stereocenters. The van der Waals surface area contributed by atoms with E-state index in [1.807, 2.05) is 13.8 Å². The fraction of sp³-hybridized carbons (Fsp3) is 0.469. The number of hydrogen-bond donors (Lipinski definition) is 4. The molecule has 9 nitrogen and oxygen atoms in total. The summed E-state index contributed by atoms with van der Waals surface area (Å²) in [6.45, 7) is 8.31. The summed E-state index contributed by atoms with van der Waals surface area (Å²) < 4.78 is 0. The van der Waals surface area contributed by atoms with Crippen LogP contribution in [0.25, 0.3) is 0 Å². The molecule has 1 fully saturated rings. The van der Waals surface area contributed by atoms with Gasteiger partial charge in [-0.05, 0) is 24.8 Å². The summed E-state index contributed by atoms with van der Waals surface area (Å²) in [7, 11) is 0. The minimum absolute atomic E-state index is 0.0509. The standard InChI is InChI=1S/C32H35NO8/c1-13(2)10-18-11-17-7-8-19-12-21(35)33-32(19)25(17)30(40)22-23(28(38)16(5)29(39)24(22)31(32)41)26(36)14(3)6-9-20(34)15(4)27(18)37/h6-9,11,13-15,17,19-20,25,34,38-39H,10,12H2,1-5H3,(H,33,35)/b9-6-,18-11-/t14-,15+,17+,19-,20-,25+,32-/m1/s1. The van der Waals surface area contributed by atoms with Crippen LogP contribution in [0.3, 0.4) is 0 Å². The van der Waals surface area contributed by atoms with Gasteiger partial charge in [-0.3, -0.25) is 24.0 Å². The first-order valence-electron chi connectivity index (χ1n) is 14.0.